The molecule has 0 bridgehead atoms. The molecule has 174 valence electrons. The van der Waals surface area contributed by atoms with E-state index in [1.54, 1.807) is 45.2 Å². The number of nitrogens with zero attached hydrogens (tertiary/aromatic N) is 2. The summed E-state index contributed by atoms with van der Waals surface area (Å²) in [4.78, 5) is 31.1. The molecule has 1 aliphatic carbocycles. The fourth-order valence-electron chi connectivity index (χ4n) is 4.68. The van der Waals surface area contributed by atoms with Gasteiger partial charge in [0.1, 0.15) is 0 Å². The summed E-state index contributed by atoms with van der Waals surface area (Å²) in [7, 11) is 0. The molecular weight excluding hydrogens is 422 g/mol. The summed E-state index contributed by atoms with van der Waals surface area (Å²) in [6.07, 6.45) is 6.11. The van der Waals surface area contributed by atoms with Crippen LogP contribution in [0.3, 0.4) is 0 Å². The molecule has 0 radical (unpaired) electrons. The lowest BCUT2D eigenvalue weighted by atomic mass is 9.87. The van der Waals surface area contributed by atoms with Crippen LogP contribution in [-0.2, 0) is 29.8 Å². The molecule has 3 aromatic rings. The summed E-state index contributed by atoms with van der Waals surface area (Å²) in [5.74, 6) is -0.372. The van der Waals surface area contributed by atoms with Gasteiger partial charge in [0, 0.05) is 35.2 Å². The number of aryl methyl sites for hydroxylation is 1. The van der Waals surface area contributed by atoms with Gasteiger partial charge in [-0.1, -0.05) is 13.8 Å². The van der Waals surface area contributed by atoms with Gasteiger partial charge in [0.25, 0.3) is 11.5 Å². The highest BCUT2D eigenvalue weighted by Crippen LogP contribution is 2.32. The number of amides is 1. The van der Waals surface area contributed by atoms with E-state index in [9.17, 15) is 24.9 Å². The van der Waals surface area contributed by atoms with Crippen LogP contribution >= 0.6 is 0 Å². The van der Waals surface area contributed by atoms with Gasteiger partial charge in [-0.25, -0.2) is 4.98 Å². The predicted octanol–water partition coefficient (Wildman–Crippen LogP) is 1.52. The highest BCUT2D eigenvalue weighted by Gasteiger charge is 2.39. The molecule has 1 aliphatic rings. The number of aromatic nitrogens is 2. The maximum absolute atomic E-state index is 13.4. The Bertz CT molecular complexity index is 1420. The number of pyridine rings is 2. The molecule has 0 spiro atoms. The Kier molecular flexibility index (Phi) is 5.76. The van der Waals surface area contributed by atoms with Gasteiger partial charge in [-0.2, -0.15) is 0 Å². The fourth-order valence-corrected chi connectivity index (χ4v) is 4.68. The molecule has 8 nitrogen and oxygen atoms in total. The van der Waals surface area contributed by atoms with E-state index in [4.69, 9.17) is 4.98 Å². The number of carbonyl (C=O) groups excluding carboxylic acids is 1. The molecule has 3 aromatic heterocycles. The molecule has 0 aromatic carbocycles. The molecule has 4 rings (SSSR count). The minimum Gasteiger partial charge on any atom is -0.512 e. The van der Waals surface area contributed by atoms with E-state index >= 15 is 0 Å². The number of fused-ring (bicyclic) bond motifs is 4. The van der Waals surface area contributed by atoms with Crippen LogP contribution in [-0.4, -0.2) is 36.7 Å². The van der Waals surface area contributed by atoms with Crippen molar-refractivity contribution in [3.8, 4) is 0 Å². The van der Waals surface area contributed by atoms with Gasteiger partial charge in [-0.15, -0.1) is 0 Å². The molecule has 8 heteroatoms. The maximum Gasteiger partial charge on any atom is 0.261 e. The Labute approximate surface area is 190 Å². The van der Waals surface area contributed by atoms with E-state index in [2.05, 4.69) is 5.32 Å². The first kappa shape index (κ1) is 22.9. The first-order chi connectivity index (χ1) is 15.7. The van der Waals surface area contributed by atoms with Crippen molar-refractivity contribution in [3.05, 3.63) is 62.1 Å². The Hall–Kier alpha value is -3.23. The summed E-state index contributed by atoms with van der Waals surface area (Å²) < 4.78 is 1.42. The zero-order valence-electron chi connectivity index (χ0n) is 19.3. The monoisotopic (exact) mass is 451 g/mol. The second-order valence-corrected chi connectivity index (χ2v) is 8.80. The van der Waals surface area contributed by atoms with Gasteiger partial charge in [0.15, 0.2) is 5.60 Å². The lowest BCUT2D eigenvalue weighted by molar-refractivity contribution is -0.142. The van der Waals surface area contributed by atoms with Gasteiger partial charge in [-0.05, 0) is 56.0 Å². The largest absolute Gasteiger partial charge is 0.512 e. The first-order valence-electron chi connectivity index (χ1n) is 11.2. The lowest BCUT2D eigenvalue weighted by Gasteiger charge is -2.29. The molecule has 0 aliphatic heterocycles. The summed E-state index contributed by atoms with van der Waals surface area (Å²) in [5, 5.41) is 35.7. The molecule has 0 saturated heterocycles. The molecule has 0 fully saturated rings. The van der Waals surface area contributed by atoms with Crippen molar-refractivity contribution in [3.63, 3.8) is 0 Å². The average Bonchev–Trinajstić information content (AvgIpc) is 3.15. The number of nitrogens with one attached hydrogen (secondary N) is 1. The number of hydrogen-bond donors (Lipinski definition) is 4. The summed E-state index contributed by atoms with van der Waals surface area (Å²) in [6.45, 7) is 6.61. The van der Waals surface area contributed by atoms with Gasteiger partial charge in [-0.3, -0.25) is 14.0 Å². The van der Waals surface area contributed by atoms with E-state index in [0.29, 0.717) is 29.2 Å². The summed E-state index contributed by atoms with van der Waals surface area (Å²) >= 11 is 0. The zero-order chi connectivity index (χ0) is 24.1. The molecule has 3 heterocycles. The van der Waals surface area contributed by atoms with Crippen LogP contribution < -0.4 is 16.2 Å². The van der Waals surface area contributed by atoms with Gasteiger partial charge < -0.3 is 20.6 Å². The Morgan fingerprint density at radius 3 is 2.61 bits per heavy atom. The molecule has 0 unspecified atom stereocenters. The SMILES string of the molecule is CCc1c2c(nc3c1cn1c(=O)c(CO)c([C@@](O)(CC)C(=O)NC(C)C)cc31)=CC=C(O)C2. The van der Waals surface area contributed by atoms with Crippen LogP contribution in [0.15, 0.2) is 28.9 Å². The smallest absolute Gasteiger partial charge is 0.261 e. The quantitative estimate of drug-likeness (QED) is 0.451. The zero-order valence-corrected chi connectivity index (χ0v) is 19.3. The molecular formula is C25H29N3O5. The van der Waals surface area contributed by atoms with Crippen molar-refractivity contribution in [2.75, 3.05) is 0 Å². The predicted molar refractivity (Wildman–Crippen MR) is 126 cm³/mol. The van der Waals surface area contributed by atoms with Crippen molar-refractivity contribution in [1.29, 1.82) is 0 Å². The topological polar surface area (TPSA) is 124 Å². The van der Waals surface area contributed by atoms with Crippen LogP contribution in [0.2, 0.25) is 0 Å². The fraction of sp³-hybridized carbons (Fsp3) is 0.400. The third-order valence-corrected chi connectivity index (χ3v) is 6.39. The standard InChI is InChI=1S/C25H29N3O5/c1-5-15-16-9-14(30)7-8-20(16)27-22-17(15)11-28-21(22)10-19(18(12-29)23(28)31)25(33,6-2)24(32)26-13(3)4/h7-8,10-11,13,29-30,33H,5-6,9,12H2,1-4H3,(H,26,32)/t25-/m0/s1. The Morgan fingerprint density at radius 1 is 1.27 bits per heavy atom. The number of hydrogen-bond acceptors (Lipinski definition) is 6. The van der Waals surface area contributed by atoms with E-state index in [1.807, 2.05) is 6.92 Å². The number of aliphatic hydroxyl groups excluding tert-OH is 2. The average molecular weight is 452 g/mol. The van der Waals surface area contributed by atoms with Crippen molar-refractivity contribution in [1.82, 2.24) is 14.7 Å². The first-order valence-corrected chi connectivity index (χ1v) is 11.2. The summed E-state index contributed by atoms with van der Waals surface area (Å²) in [6, 6.07) is 1.38. The normalized spacial score (nSPS) is 15.3. The van der Waals surface area contributed by atoms with Crippen molar-refractivity contribution < 1.29 is 20.1 Å². The van der Waals surface area contributed by atoms with Crippen molar-refractivity contribution in [2.45, 2.75) is 65.2 Å². The molecule has 4 N–H and O–H groups in total. The molecule has 33 heavy (non-hydrogen) atoms. The Balaban J connectivity index is 2.10. The maximum atomic E-state index is 13.4. The third kappa shape index (κ3) is 3.50. The highest BCUT2D eigenvalue weighted by atomic mass is 16.3. The van der Waals surface area contributed by atoms with E-state index in [0.717, 1.165) is 16.5 Å². The minimum absolute atomic E-state index is 0.0215. The van der Waals surface area contributed by atoms with Crippen LogP contribution in [0.25, 0.3) is 22.5 Å². The summed E-state index contributed by atoms with van der Waals surface area (Å²) in [5.41, 5.74) is 0.488. The van der Waals surface area contributed by atoms with Gasteiger partial charge in [0.2, 0.25) is 0 Å². The van der Waals surface area contributed by atoms with Crippen LogP contribution in [0.4, 0.5) is 0 Å². The molecule has 1 atom stereocenters. The Morgan fingerprint density at radius 2 is 2.00 bits per heavy atom. The minimum atomic E-state index is -1.98. The van der Waals surface area contributed by atoms with E-state index < -0.39 is 23.7 Å². The lowest BCUT2D eigenvalue weighted by Crippen LogP contribution is -2.47. The van der Waals surface area contributed by atoms with Crippen LogP contribution in [0.5, 0.6) is 0 Å². The van der Waals surface area contributed by atoms with E-state index in [1.165, 1.54) is 4.40 Å². The van der Waals surface area contributed by atoms with Gasteiger partial charge >= 0.3 is 0 Å². The second-order valence-electron chi connectivity index (χ2n) is 8.80. The number of aliphatic hydroxyl groups is 3. The second kappa shape index (κ2) is 8.28. The number of carbonyl (C=O) groups is 1. The van der Waals surface area contributed by atoms with Crippen molar-refractivity contribution >= 4 is 28.4 Å². The molecule has 0 saturated carbocycles. The van der Waals surface area contributed by atoms with Crippen LogP contribution in [0, 0.1) is 0 Å². The highest BCUT2D eigenvalue weighted by molar-refractivity contribution is 5.98. The van der Waals surface area contributed by atoms with Crippen molar-refractivity contribution in [2.24, 2.45) is 0 Å². The third-order valence-electron chi connectivity index (χ3n) is 6.39. The number of allylic oxidation sites excluding steroid dienone is 2. The number of rotatable bonds is 6. The molecule has 1 amide bonds. The van der Waals surface area contributed by atoms with Gasteiger partial charge in [0.05, 0.1) is 28.7 Å². The van der Waals surface area contributed by atoms with E-state index in [-0.39, 0.29) is 29.3 Å². The van der Waals surface area contributed by atoms with Crippen LogP contribution in [0.1, 0.15) is 56.4 Å².